The number of fused-ring (bicyclic) bond motifs is 1. The van der Waals surface area contributed by atoms with Crippen molar-refractivity contribution in [2.45, 2.75) is 6.54 Å². The van der Waals surface area contributed by atoms with Crippen LogP contribution in [-0.2, 0) is 13.6 Å². The van der Waals surface area contributed by atoms with Crippen molar-refractivity contribution in [1.29, 1.82) is 5.26 Å². The van der Waals surface area contributed by atoms with Crippen LogP contribution in [0.15, 0.2) is 36.8 Å². The number of halogens is 1. The van der Waals surface area contributed by atoms with Gasteiger partial charge in [-0.2, -0.15) is 5.26 Å². The number of aryl methyl sites for hydroxylation is 1. The highest BCUT2D eigenvalue weighted by molar-refractivity contribution is 6.31. The predicted molar refractivity (Wildman–Crippen MR) is 102 cm³/mol. The SMILES string of the molecule is Cn1ccnc1CN1CCN(c2c(C#N)cnc3ccc(Cl)cc23)CC1. The highest BCUT2D eigenvalue weighted by Crippen LogP contribution is 2.32. The summed E-state index contributed by atoms with van der Waals surface area (Å²) < 4.78 is 2.05. The molecule has 1 aromatic carbocycles. The maximum Gasteiger partial charge on any atom is 0.122 e. The van der Waals surface area contributed by atoms with Crippen LogP contribution in [0.2, 0.25) is 5.02 Å². The number of anilines is 1. The van der Waals surface area contributed by atoms with E-state index < -0.39 is 0 Å². The quantitative estimate of drug-likeness (QED) is 0.713. The standard InChI is InChI=1S/C19H19ClN6/c1-24-5-4-22-18(24)13-25-6-8-26(9-7-25)19-14(11-21)12-23-17-3-2-15(20)10-16(17)19/h2-5,10,12H,6-9,13H2,1H3. The van der Waals surface area contributed by atoms with E-state index in [0.717, 1.165) is 55.1 Å². The maximum absolute atomic E-state index is 9.56. The lowest BCUT2D eigenvalue weighted by atomic mass is 10.1. The van der Waals surface area contributed by atoms with Gasteiger partial charge in [0.1, 0.15) is 11.9 Å². The molecule has 1 fully saturated rings. The van der Waals surface area contributed by atoms with Crippen molar-refractivity contribution in [3.8, 4) is 6.07 Å². The Kier molecular flexibility index (Phi) is 4.49. The zero-order valence-corrected chi connectivity index (χ0v) is 15.3. The van der Waals surface area contributed by atoms with Gasteiger partial charge < -0.3 is 9.47 Å². The van der Waals surface area contributed by atoms with Gasteiger partial charge in [-0.25, -0.2) is 4.98 Å². The average Bonchev–Trinajstić information content (AvgIpc) is 3.06. The van der Waals surface area contributed by atoms with E-state index in [4.69, 9.17) is 11.6 Å². The van der Waals surface area contributed by atoms with E-state index in [2.05, 4.69) is 30.4 Å². The summed E-state index contributed by atoms with van der Waals surface area (Å²) in [5.41, 5.74) is 2.40. The van der Waals surface area contributed by atoms with Crippen LogP contribution in [0.5, 0.6) is 0 Å². The summed E-state index contributed by atoms with van der Waals surface area (Å²) in [6.07, 6.45) is 5.46. The number of rotatable bonds is 3. The van der Waals surface area contributed by atoms with Crippen molar-refractivity contribution in [3.63, 3.8) is 0 Å². The molecule has 132 valence electrons. The molecular formula is C19H19ClN6. The molecule has 0 bridgehead atoms. The second kappa shape index (κ2) is 6.94. The molecule has 6 nitrogen and oxygen atoms in total. The summed E-state index contributed by atoms with van der Waals surface area (Å²) >= 11 is 6.20. The first-order valence-electron chi connectivity index (χ1n) is 8.57. The van der Waals surface area contributed by atoms with E-state index in [1.807, 2.05) is 37.6 Å². The molecular weight excluding hydrogens is 348 g/mol. The summed E-state index contributed by atoms with van der Waals surface area (Å²) in [5, 5.41) is 11.2. The zero-order valence-electron chi connectivity index (χ0n) is 14.6. The van der Waals surface area contributed by atoms with E-state index >= 15 is 0 Å². The number of hydrogen-bond acceptors (Lipinski definition) is 5. The number of benzene rings is 1. The number of nitrogens with zero attached hydrogens (tertiary/aromatic N) is 6. The molecule has 1 aliphatic rings. The maximum atomic E-state index is 9.56. The van der Waals surface area contributed by atoms with E-state index in [0.29, 0.717) is 10.6 Å². The first kappa shape index (κ1) is 16.8. The number of hydrogen-bond donors (Lipinski definition) is 0. The highest BCUT2D eigenvalue weighted by Gasteiger charge is 2.22. The molecule has 0 unspecified atom stereocenters. The average molecular weight is 367 g/mol. The topological polar surface area (TPSA) is 61.0 Å². The minimum absolute atomic E-state index is 0.595. The van der Waals surface area contributed by atoms with Gasteiger partial charge in [-0.1, -0.05) is 11.6 Å². The normalized spacial score (nSPS) is 15.3. The van der Waals surface area contributed by atoms with Gasteiger partial charge in [-0.15, -0.1) is 0 Å². The van der Waals surface area contributed by atoms with Gasteiger partial charge in [-0.05, 0) is 18.2 Å². The van der Waals surface area contributed by atoms with Gasteiger partial charge >= 0.3 is 0 Å². The van der Waals surface area contributed by atoms with Crippen LogP contribution in [-0.4, -0.2) is 45.6 Å². The fourth-order valence-corrected chi connectivity index (χ4v) is 3.62. The summed E-state index contributed by atoms with van der Waals surface area (Å²) in [5.74, 6) is 1.07. The molecule has 0 aliphatic carbocycles. The van der Waals surface area contributed by atoms with E-state index in [9.17, 15) is 5.26 Å². The minimum Gasteiger partial charge on any atom is -0.367 e. The van der Waals surface area contributed by atoms with E-state index in [-0.39, 0.29) is 0 Å². The highest BCUT2D eigenvalue weighted by atomic mass is 35.5. The summed E-state index contributed by atoms with van der Waals surface area (Å²) in [6, 6.07) is 7.92. The Hall–Kier alpha value is -2.62. The fourth-order valence-electron chi connectivity index (χ4n) is 3.45. The van der Waals surface area contributed by atoms with Crippen LogP contribution in [0, 0.1) is 11.3 Å². The molecule has 3 heterocycles. The molecule has 0 amide bonds. The number of pyridine rings is 1. The van der Waals surface area contributed by atoms with Crippen molar-refractivity contribution in [1.82, 2.24) is 19.4 Å². The molecule has 0 radical (unpaired) electrons. The summed E-state index contributed by atoms with van der Waals surface area (Å²) in [7, 11) is 2.02. The molecule has 1 saturated heterocycles. The monoisotopic (exact) mass is 366 g/mol. The molecule has 2 aromatic heterocycles. The van der Waals surface area contributed by atoms with Gasteiger partial charge in [0, 0.05) is 62.2 Å². The molecule has 4 rings (SSSR count). The van der Waals surface area contributed by atoms with Gasteiger partial charge in [0.15, 0.2) is 0 Å². The molecule has 0 saturated carbocycles. The molecule has 0 spiro atoms. The Morgan fingerprint density at radius 1 is 1.19 bits per heavy atom. The molecule has 0 atom stereocenters. The Bertz CT molecular complexity index is 981. The summed E-state index contributed by atoms with van der Waals surface area (Å²) in [6.45, 7) is 4.38. The first-order valence-corrected chi connectivity index (χ1v) is 8.95. The van der Waals surface area contributed by atoms with Gasteiger partial charge in [0.05, 0.1) is 23.3 Å². The van der Waals surface area contributed by atoms with E-state index in [1.165, 1.54) is 0 Å². The van der Waals surface area contributed by atoms with Crippen LogP contribution in [0.3, 0.4) is 0 Å². The van der Waals surface area contributed by atoms with Crippen molar-refractivity contribution in [2.24, 2.45) is 7.05 Å². The third-order valence-electron chi connectivity index (χ3n) is 4.90. The van der Waals surface area contributed by atoms with Crippen LogP contribution in [0.4, 0.5) is 5.69 Å². The van der Waals surface area contributed by atoms with Crippen molar-refractivity contribution < 1.29 is 0 Å². The molecule has 1 aliphatic heterocycles. The Morgan fingerprint density at radius 3 is 2.69 bits per heavy atom. The van der Waals surface area contributed by atoms with Gasteiger partial charge in [0.25, 0.3) is 0 Å². The number of nitriles is 1. The lowest BCUT2D eigenvalue weighted by Crippen LogP contribution is -2.46. The molecule has 7 heteroatoms. The minimum atomic E-state index is 0.595. The first-order chi connectivity index (χ1) is 12.7. The largest absolute Gasteiger partial charge is 0.367 e. The fraction of sp³-hybridized carbons (Fsp3) is 0.316. The third-order valence-corrected chi connectivity index (χ3v) is 5.13. The van der Waals surface area contributed by atoms with Crippen LogP contribution >= 0.6 is 11.6 Å². The Labute approximate surface area is 157 Å². The number of aromatic nitrogens is 3. The number of imidazole rings is 1. The van der Waals surface area contributed by atoms with Crippen LogP contribution in [0.25, 0.3) is 10.9 Å². The number of piperazine rings is 1. The molecule has 3 aromatic rings. The van der Waals surface area contributed by atoms with Crippen LogP contribution < -0.4 is 4.90 Å². The van der Waals surface area contributed by atoms with Crippen molar-refractivity contribution in [2.75, 3.05) is 31.1 Å². The van der Waals surface area contributed by atoms with Gasteiger partial charge in [-0.3, -0.25) is 9.88 Å². The smallest absolute Gasteiger partial charge is 0.122 e. The van der Waals surface area contributed by atoms with Crippen LogP contribution in [0.1, 0.15) is 11.4 Å². The van der Waals surface area contributed by atoms with Crippen molar-refractivity contribution in [3.05, 3.63) is 53.2 Å². The molecule has 26 heavy (non-hydrogen) atoms. The molecule has 0 N–H and O–H groups in total. The second-order valence-corrected chi connectivity index (χ2v) is 6.95. The third kappa shape index (κ3) is 3.12. The Morgan fingerprint density at radius 2 is 2.00 bits per heavy atom. The predicted octanol–water partition coefficient (Wildman–Crippen LogP) is 2.82. The van der Waals surface area contributed by atoms with E-state index in [1.54, 1.807) is 6.20 Å². The summed E-state index contributed by atoms with van der Waals surface area (Å²) in [4.78, 5) is 13.5. The zero-order chi connectivity index (χ0) is 18.1. The Balaban J connectivity index is 1.58. The lowest BCUT2D eigenvalue weighted by molar-refractivity contribution is 0.242. The van der Waals surface area contributed by atoms with Crippen molar-refractivity contribution >= 4 is 28.2 Å². The van der Waals surface area contributed by atoms with Gasteiger partial charge in [0.2, 0.25) is 0 Å². The lowest BCUT2D eigenvalue weighted by Gasteiger charge is -2.36. The second-order valence-electron chi connectivity index (χ2n) is 6.51.